The number of carbonyl (C=O) groups is 1. The van der Waals surface area contributed by atoms with E-state index in [9.17, 15) is 9.90 Å². The molecular weight excluding hydrogens is 256 g/mol. The fourth-order valence-corrected chi connectivity index (χ4v) is 2.02. The lowest BCUT2D eigenvalue weighted by Gasteiger charge is -2.06. The average Bonchev–Trinajstić information content (AvgIpc) is 3.18. The number of benzene rings is 1. The van der Waals surface area contributed by atoms with Crippen LogP contribution in [-0.4, -0.2) is 11.0 Å². The number of nitrogens with one attached hydrogen (secondary N) is 1. The van der Waals surface area contributed by atoms with E-state index >= 15 is 0 Å². The lowest BCUT2D eigenvalue weighted by atomic mass is 10.1. The summed E-state index contributed by atoms with van der Waals surface area (Å²) >= 11 is 0. The Balaban J connectivity index is 1.84. The summed E-state index contributed by atoms with van der Waals surface area (Å²) in [4.78, 5) is 12.0. The van der Waals surface area contributed by atoms with Crippen LogP contribution >= 0.6 is 0 Å². The van der Waals surface area contributed by atoms with Gasteiger partial charge in [-0.15, -0.1) is 0 Å². The number of furan rings is 1. The van der Waals surface area contributed by atoms with Gasteiger partial charge in [-0.1, -0.05) is 0 Å². The smallest absolute Gasteiger partial charge is 0.269 e. The number of hydrogen-bond acceptors (Lipinski definition) is 4. The van der Waals surface area contributed by atoms with Gasteiger partial charge in [-0.05, 0) is 37.1 Å². The highest BCUT2D eigenvalue weighted by atomic mass is 16.3. The van der Waals surface area contributed by atoms with Crippen LogP contribution < -0.4 is 5.32 Å². The Morgan fingerprint density at radius 2 is 2.20 bits per heavy atom. The van der Waals surface area contributed by atoms with Crippen LogP contribution in [0.1, 0.15) is 12.8 Å². The van der Waals surface area contributed by atoms with Crippen LogP contribution in [0, 0.1) is 17.2 Å². The zero-order valence-corrected chi connectivity index (χ0v) is 10.6. The number of nitrogens with zero attached hydrogens (tertiary/aromatic N) is 1. The van der Waals surface area contributed by atoms with E-state index in [4.69, 9.17) is 9.68 Å². The standard InChI is InChI=1S/C15H12N2O3/c16-8-12(14(18)9-1-2-9)15(19)17-11-3-4-13-10(7-11)5-6-20-13/h3-7,9,18H,1-2H2,(H,17,19)/b14-12-. The number of fused-ring (bicyclic) bond motifs is 1. The molecule has 0 bridgehead atoms. The molecule has 0 atom stereocenters. The lowest BCUT2D eigenvalue weighted by molar-refractivity contribution is -0.112. The second kappa shape index (κ2) is 4.74. The predicted octanol–water partition coefficient (Wildman–Crippen LogP) is 3.12. The van der Waals surface area contributed by atoms with Gasteiger partial charge in [-0.3, -0.25) is 4.79 Å². The van der Waals surface area contributed by atoms with E-state index in [1.807, 2.05) is 0 Å². The van der Waals surface area contributed by atoms with E-state index in [-0.39, 0.29) is 17.3 Å². The molecule has 100 valence electrons. The molecule has 0 saturated heterocycles. The highest BCUT2D eigenvalue weighted by Crippen LogP contribution is 2.36. The van der Waals surface area contributed by atoms with Crippen molar-refractivity contribution in [3.05, 3.63) is 41.9 Å². The average molecular weight is 268 g/mol. The molecule has 2 aromatic rings. The lowest BCUT2D eigenvalue weighted by Crippen LogP contribution is -2.15. The van der Waals surface area contributed by atoms with Crippen LogP contribution in [0.15, 0.2) is 46.3 Å². The van der Waals surface area contributed by atoms with Gasteiger partial charge < -0.3 is 14.8 Å². The van der Waals surface area contributed by atoms with Crippen LogP contribution in [-0.2, 0) is 4.79 Å². The second-order valence-electron chi connectivity index (χ2n) is 4.77. The van der Waals surface area contributed by atoms with Crippen LogP contribution in [0.5, 0.6) is 0 Å². The van der Waals surface area contributed by atoms with Crippen LogP contribution in [0.3, 0.4) is 0 Å². The summed E-state index contributed by atoms with van der Waals surface area (Å²) in [5.41, 5.74) is 1.07. The SMILES string of the molecule is N#C/C(C(=O)Nc1ccc2occc2c1)=C(/O)C1CC1. The normalized spacial score (nSPS) is 15.6. The first kappa shape index (κ1) is 12.3. The highest BCUT2D eigenvalue weighted by Gasteiger charge is 2.30. The summed E-state index contributed by atoms with van der Waals surface area (Å²) in [6, 6.07) is 8.73. The first-order valence-electron chi connectivity index (χ1n) is 6.31. The Bertz CT molecular complexity index is 748. The molecule has 0 spiro atoms. The highest BCUT2D eigenvalue weighted by molar-refractivity contribution is 6.07. The summed E-state index contributed by atoms with van der Waals surface area (Å²) in [7, 11) is 0. The Kier molecular flexibility index (Phi) is 2.92. The molecule has 1 amide bonds. The van der Waals surface area contributed by atoms with Crippen molar-refractivity contribution in [3.63, 3.8) is 0 Å². The third-order valence-corrected chi connectivity index (χ3v) is 3.27. The summed E-state index contributed by atoms with van der Waals surface area (Å²) in [6.07, 6.45) is 3.21. The number of carbonyl (C=O) groups excluding carboxylic acids is 1. The van der Waals surface area contributed by atoms with Crippen molar-refractivity contribution < 1.29 is 14.3 Å². The minimum absolute atomic E-state index is 0.0354. The monoisotopic (exact) mass is 268 g/mol. The molecule has 1 aromatic carbocycles. The van der Waals surface area contributed by atoms with Gasteiger partial charge in [0.15, 0.2) is 5.57 Å². The molecule has 3 rings (SSSR count). The summed E-state index contributed by atoms with van der Waals surface area (Å²) in [6.45, 7) is 0. The molecule has 1 heterocycles. The first-order chi connectivity index (χ1) is 9.69. The molecule has 5 heteroatoms. The number of nitriles is 1. The molecule has 1 fully saturated rings. The van der Waals surface area contributed by atoms with Gasteiger partial charge in [0, 0.05) is 17.0 Å². The van der Waals surface area contributed by atoms with Crippen molar-refractivity contribution in [2.24, 2.45) is 5.92 Å². The molecule has 0 radical (unpaired) electrons. The second-order valence-corrected chi connectivity index (χ2v) is 4.77. The van der Waals surface area contributed by atoms with Gasteiger partial charge in [0.25, 0.3) is 5.91 Å². The van der Waals surface area contributed by atoms with E-state index in [0.29, 0.717) is 5.69 Å². The largest absolute Gasteiger partial charge is 0.510 e. The van der Waals surface area contributed by atoms with Gasteiger partial charge in [0.2, 0.25) is 0 Å². The van der Waals surface area contributed by atoms with Crippen molar-refractivity contribution >= 4 is 22.6 Å². The zero-order chi connectivity index (χ0) is 14.1. The predicted molar refractivity (Wildman–Crippen MR) is 72.8 cm³/mol. The minimum atomic E-state index is -0.584. The molecule has 5 nitrogen and oxygen atoms in total. The molecule has 1 saturated carbocycles. The van der Waals surface area contributed by atoms with Crippen LogP contribution in [0.25, 0.3) is 11.0 Å². The number of hydrogen-bond donors (Lipinski definition) is 2. The van der Waals surface area contributed by atoms with E-state index in [0.717, 1.165) is 23.8 Å². The van der Waals surface area contributed by atoms with Gasteiger partial charge in [-0.2, -0.15) is 5.26 Å². The molecule has 0 unspecified atom stereocenters. The number of rotatable bonds is 3. The maximum Gasteiger partial charge on any atom is 0.269 e. The maximum atomic E-state index is 12.0. The van der Waals surface area contributed by atoms with E-state index < -0.39 is 5.91 Å². The van der Waals surface area contributed by atoms with Crippen molar-refractivity contribution in [1.29, 1.82) is 5.26 Å². The van der Waals surface area contributed by atoms with Gasteiger partial charge in [0.1, 0.15) is 17.4 Å². The minimum Gasteiger partial charge on any atom is -0.510 e. The number of aliphatic hydroxyl groups is 1. The fraction of sp³-hybridized carbons (Fsp3) is 0.200. The van der Waals surface area contributed by atoms with E-state index in [1.54, 1.807) is 36.6 Å². The molecular formula is C15H12N2O3. The number of aliphatic hydroxyl groups excluding tert-OH is 1. The molecule has 2 N–H and O–H groups in total. The topological polar surface area (TPSA) is 86.3 Å². The number of allylic oxidation sites excluding steroid dienone is 1. The Labute approximate surface area is 115 Å². The van der Waals surface area contributed by atoms with Crippen molar-refractivity contribution in [3.8, 4) is 6.07 Å². The Morgan fingerprint density at radius 3 is 2.90 bits per heavy atom. The summed E-state index contributed by atoms with van der Waals surface area (Å²) in [5, 5.41) is 22.3. The van der Waals surface area contributed by atoms with Gasteiger partial charge in [-0.25, -0.2) is 0 Å². The molecule has 1 aromatic heterocycles. The van der Waals surface area contributed by atoms with Crippen molar-refractivity contribution in [2.75, 3.05) is 5.32 Å². The Morgan fingerprint density at radius 1 is 1.40 bits per heavy atom. The first-order valence-corrected chi connectivity index (χ1v) is 6.31. The fourth-order valence-electron chi connectivity index (χ4n) is 2.02. The number of amides is 1. The van der Waals surface area contributed by atoms with E-state index in [2.05, 4.69) is 5.32 Å². The number of anilines is 1. The van der Waals surface area contributed by atoms with E-state index in [1.165, 1.54) is 0 Å². The van der Waals surface area contributed by atoms with Gasteiger partial charge in [0.05, 0.1) is 6.26 Å². The molecule has 1 aliphatic rings. The van der Waals surface area contributed by atoms with Crippen LogP contribution in [0.2, 0.25) is 0 Å². The third-order valence-electron chi connectivity index (χ3n) is 3.27. The van der Waals surface area contributed by atoms with Gasteiger partial charge >= 0.3 is 0 Å². The molecule has 20 heavy (non-hydrogen) atoms. The van der Waals surface area contributed by atoms with Crippen molar-refractivity contribution in [1.82, 2.24) is 0 Å². The zero-order valence-electron chi connectivity index (χ0n) is 10.6. The summed E-state index contributed by atoms with van der Waals surface area (Å²) in [5.74, 6) is -0.721. The van der Waals surface area contributed by atoms with Crippen LogP contribution in [0.4, 0.5) is 5.69 Å². The van der Waals surface area contributed by atoms with Crippen molar-refractivity contribution in [2.45, 2.75) is 12.8 Å². The maximum absolute atomic E-state index is 12.0. The molecule has 1 aliphatic carbocycles. The Hall–Kier alpha value is -2.74. The molecule has 0 aliphatic heterocycles. The quantitative estimate of drug-likeness (QED) is 0.508. The summed E-state index contributed by atoms with van der Waals surface area (Å²) < 4.78 is 5.21. The third kappa shape index (κ3) is 2.24.